The highest BCUT2D eigenvalue weighted by molar-refractivity contribution is 8.00. The van der Waals surface area contributed by atoms with Gasteiger partial charge in [0.05, 0.1) is 17.0 Å². The van der Waals surface area contributed by atoms with Gasteiger partial charge in [-0.15, -0.1) is 0 Å². The van der Waals surface area contributed by atoms with Crippen molar-refractivity contribution in [3.8, 4) is 17.2 Å². The van der Waals surface area contributed by atoms with E-state index in [0.29, 0.717) is 40.5 Å². The normalized spacial score (nSPS) is 10.8. The first-order chi connectivity index (χ1) is 14.4. The van der Waals surface area contributed by atoms with Crippen LogP contribution in [0.1, 0.15) is 42.4 Å². The van der Waals surface area contributed by atoms with E-state index in [4.69, 9.17) is 0 Å². The topological polar surface area (TPSA) is 89.8 Å². The van der Waals surface area contributed by atoms with Crippen molar-refractivity contribution >= 4 is 34.4 Å². The number of benzene rings is 1. The Kier molecular flexibility index (Phi) is 6.58. The third-order valence-electron chi connectivity index (χ3n) is 5.12. The molecule has 1 amide bonds. The summed E-state index contributed by atoms with van der Waals surface area (Å²) in [5, 5.41) is 11.4. The monoisotopic (exact) mass is 420 g/mol. The molecule has 154 valence electrons. The summed E-state index contributed by atoms with van der Waals surface area (Å²) in [5.74, 6) is 0.0420. The fraction of sp³-hybridized carbons (Fsp3) is 0.304. The van der Waals surface area contributed by atoms with E-state index in [1.165, 1.54) is 18.7 Å². The molecule has 1 N–H and O–H groups in total. The van der Waals surface area contributed by atoms with Gasteiger partial charge >= 0.3 is 0 Å². The zero-order chi connectivity index (χ0) is 21.8. The van der Waals surface area contributed by atoms with Crippen LogP contribution in [-0.4, -0.2) is 45.4 Å². The minimum Gasteiger partial charge on any atom is -0.361 e. The predicted octanol–water partition coefficient (Wildman–Crippen LogP) is 4.57. The van der Waals surface area contributed by atoms with Gasteiger partial charge in [0, 0.05) is 46.9 Å². The number of H-pyrrole nitrogens is 1. The summed E-state index contributed by atoms with van der Waals surface area (Å²) >= 11 is 1.24. The first-order valence-corrected chi connectivity index (χ1v) is 10.8. The summed E-state index contributed by atoms with van der Waals surface area (Å²) < 4.78 is 0. The van der Waals surface area contributed by atoms with Gasteiger partial charge in [0.2, 0.25) is 5.91 Å². The number of rotatable bonds is 7. The molecule has 3 aromatic rings. The summed E-state index contributed by atoms with van der Waals surface area (Å²) in [6, 6.07) is 10.0. The molecule has 0 unspecified atom stereocenters. The molecule has 1 aromatic carbocycles. The van der Waals surface area contributed by atoms with Crippen molar-refractivity contribution < 1.29 is 9.59 Å². The largest absolute Gasteiger partial charge is 0.361 e. The van der Waals surface area contributed by atoms with Crippen molar-refractivity contribution in [3.63, 3.8) is 0 Å². The van der Waals surface area contributed by atoms with E-state index < -0.39 is 0 Å². The highest BCUT2D eigenvalue weighted by atomic mass is 32.2. The molecule has 0 saturated heterocycles. The van der Waals surface area contributed by atoms with E-state index >= 15 is 0 Å². The average molecular weight is 421 g/mol. The van der Waals surface area contributed by atoms with Crippen LogP contribution in [0.5, 0.6) is 0 Å². The zero-order valence-electron chi connectivity index (χ0n) is 17.6. The zero-order valence-corrected chi connectivity index (χ0v) is 18.4. The number of hydrogen-bond acceptors (Lipinski definition) is 5. The van der Waals surface area contributed by atoms with Gasteiger partial charge in [0.25, 0.3) is 0 Å². The number of nitriles is 1. The molecular formula is C23H24N4O2S. The van der Waals surface area contributed by atoms with E-state index in [-0.39, 0.29) is 17.4 Å². The van der Waals surface area contributed by atoms with Gasteiger partial charge in [0.1, 0.15) is 11.1 Å². The Labute approximate surface area is 180 Å². The van der Waals surface area contributed by atoms with Crippen molar-refractivity contribution in [1.82, 2.24) is 14.9 Å². The Balaban J connectivity index is 2.17. The average Bonchev–Trinajstić information content (AvgIpc) is 3.16. The van der Waals surface area contributed by atoms with Crippen LogP contribution < -0.4 is 0 Å². The van der Waals surface area contributed by atoms with Gasteiger partial charge in [-0.25, -0.2) is 4.98 Å². The number of thioether (sulfide) groups is 1. The smallest absolute Gasteiger partial charge is 0.232 e. The first kappa shape index (κ1) is 21.6. The van der Waals surface area contributed by atoms with Crippen LogP contribution in [0.15, 0.2) is 35.5 Å². The maximum absolute atomic E-state index is 12.5. The number of nitrogens with zero attached hydrogens (tertiary/aromatic N) is 3. The van der Waals surface area contributed by atoms with Gasteiger partial charge in [-0.3, -0.25) is 9.59 Å². The van der Waals surface area contributed by atoms with E-state index in [2.05, 4.69) is 16.0 Å². The third-order valence-corrected chi connectivity index (χ3v) is 6.08. The van der Waals surface area contributed by atoms with Crippen LogP contribution in [0.3, 0.4) is 0 Å². The van der Waals surface area contributed by atoms with Crippen LogP contribution in [-0.2, 0) is 4.79 Å². The molecule has 0 aliphatic rings. The number of aromatic amines is 1. The van der Waals surface area contributed by atoms with Crippen LogP contribution >= 0.6 is 11.8 Å². The number of fused-ring (bicyclic) bond motifs is 1. The van der Waals surface area contributed by atoms with Crippen molar-refractivity contribution in [2.24, 2.45) is 0 Å². The quantitative estimate of drug-likeness (QED) is 0.447. The Bertz CT molecular complexity index is 1160. The number of carbonyl (C=O) groups excluding carboxylic acids is 2. The molecule has 0 fully saturated rings. The number of aryl methyl sites for hydroxylation is 1. The number of aromatic nitrogens is 2. The molecule has 0 spiro atoms. The molecule has 0 bridgehead atoms. The molecule has 6 nitrogen and oxygen atoms in total. The summed E-state index contributed by atoms with van der Waals surface area (Å²) in [4.78, 5) is 34.5. The molecule has 0 radical (unpaired) electrons. The minimum atomic E-state index is -0.146. The van der Waals surface area contributed by atoms with Gasteiger partial charge < -0.3 is 9.88 Å². The first-order valence-electron chi connectivity index (χ1n) is 9.85. The second-order valence-corrected chi connectivity index (χ2v) is 7.86. The SMILES string of the molecule is CCN(CC)C(=O)CSc1nc(C)c(C(C)=O)c(-c2c[nH]c3ccccc23)c1C#N. The molecule has 7 heteroatoms. The second-order valence-electron chi connectivity index (χ2n) is 6.90. The molecule has 0 aliphatic carbocycles. The number of ketones is 1. The predicted molar refractivity (Wildman–Crippen MR) is 120 cm³/mol. The van der Waals surface area contributed by atoms with Crippen molar-refractivity contribution in [2.45, 2.75) is 32.7 Å². The second kappa shape index (κ2) is 9.14. The number of hydrogen-bond donors (Lipinski definition) is 1. The minimum absolute atomic E-state index is 0.00219. The molecule has 2 aromatic heterocycles. The fourth-order valence-corrected chi connectivity index (χ4v) is 4.60. The summed E-state index contributed by atoms with van der Waals surface area (Å²) in [6.07, 6.45) is 1.82. The standard InChI is InChI=1S/C23H24N4O2S/c1-5-27(6-2)20(29)13-30-23-17(11-24)22(21(15(4)28)14(3)26-23)18-12-25-19-10-8-7-9-16(18)19/h7-10,12,25H,5-6,13H2,1-4H3. The van der Waals surface area contributed by atoms with Gasteiger partial charge in [-0.05, 0) is 33.8 Å². The van der Waals surface area contributed by atoms with Crippen LogP contribution in [0, 0.1) is 18.3 Å². The van der Waals surface area contributed by atoms with Gasteiger partial charge in [0.15, 0.2) is 5.78 Å². The molecule has 3 rings (SSSR count). The third kappa shape index (κ3) is 3.96. The lowest BCUT2D eigenvalue weighted by Crippen LogP contribution is -2.31. The van der Waals surface area contributed by atoms with Crippen molar-refractivity contribution in [2.75, 3.05) is 18.8 Å². The lowest BCUT2D eigenvalue weighted by molar-refractivity contribution is -0.127. The Morgan fingerprint density at radius 2 is 1.93 bits per heavy atom. The molecule has 2 heterocycles. The van der Waals surface area contributed by atoms with Crippen LogP contribution in [0.2, 0.25) is 0 Å². The molecule has 0 saturated carbocycles. The van der Waals surface area contributed by atoms with Gasteiger partial charge in [-0.1, -0.05) is 30.0 Å². The molecule has 30 heavy (non-hydrogen) atoms. The maximum atomic E-state index is 12.5. The Morgan fingerprint density at radius 1 is 1.23 bits per heavy atom. The number of Topliss-reactive ketones (excluding diaryl/α,β-unsaturated/α-hetero) is 1. The number of amides is 1. The Hall–Kier alpha value is -3.11. The Morgan fingerprint density at radius 3 is 2.57 bits per heavy atom. The number of para-hydroxylation sites is 1. The summed E-state index contributed by atoms with van der Waals surface area (Å²) in [6.45, 7) is 8.40. The lowest BCUT2D eigenvalue weighted by atomic mass is 9.93. The van der Waals surface area contributed by atoms with Crippen LogP contribution in [0.4, 0.5) is 0 Å². The highest BCUT2D eigenvalue weighted by Crippen LogP contribution is 2.38. The molecule has 0 aliphatic heterocycles. The molecular weight excluding hydrogens is 396 g/mol. The van der Waals surface area contributed by atoms with E-state index in [0.717, 1.165) is 16.5 Å². The lowest BCUT2D eigenvalue weighted by Gasteiger charge is -2.19. The number of nitrogens with one attached hydrogen (secondary N) is 1. The maximum Gasteiger partial charge on any atom is 0.232 e. The van der Waals surface area contributed by atoms with Crippen molar-refractivity contribution in [1.29, 1.82) is 5.26 Å². The van der Waals surface area contributed by atoms with Crippen LogP contribution in [0.25, 0.3) is 22.0 Å². The van der Waals surface area contributed by atoms with E-state index in [1.807, 2.05) is 44.3 Å². The fourth-order valence-electron chi connectivity index (χ4n) is 3.66. The number of carbonyl (C=O) groups is 2. The van der Waals surface area contributed by atoms with Gasteiger partial charge in [-0.2, -0.15) is 5.26 Å². The summed E-state index contributed by atoms with van der Waals surface area (Å²) in [5.41, 5.74) is 3.61. The van der Waals surface area contributed by atoms with E-state index in [9.17, 15) is 14.9 Å². The summed E-state index contributed by atoms with van der Waals surface area (Å²) in [7, 11) is 0. The van der Waals surface area contributed by atoms with E-state index in [1.54, 1.807) is 11.8 Å². The number of pyridine rings is 1. The van der Waals surface area contributed by atoms with Crippen molar-refractivity contribution in [3.05, 3.63) is 47.3 Å². The molecule has 0 atom stereocenters. The highest BCUT2D eigenvalue weighted by Gasteiger charge is 2.24.